The number of carboxylic acids is 1. The number of carbonyl (C=O) groups is 2. The number of rotatable bonds is 3. The minimum absolute atomic E-state index is 0.0580. The Balaban J connectivity index is 2.69. The van der Waals surface area contributed by atoms with Crippen LogP contribution in [-0.2, 0) is 9.59 Å². The van der Waals surface area contributed by atoms with Gasteiger partial charge in [-0.25, -0.2) is 4.79 Å². The van der Waals surface area contributed by atoms with Gasteiger partial charge < -0.3 is 10.0 Å². The maximum atomic E-state index is 12.1. The van der Waals surface area contributed by atoms with Crippen LogP contribution in [0.1, 0.15) is 33.1 Å². The molecule has 1 unspecified atom stereocenters. The minimum Gasteiger partial charge on any atom is -0.480 e. The highest BCUT2D eigenvalue weighted by atomic mass is 32.2. The van der Waals surface area contributed by atoms with E-state index in [1.807, 2.05) is 0 Å². The molecule has 1 aliphatic heterocycles. The van der Waals surface area contributed by atoms with E-state index in [0.29, 0.717) is 0 Å². The van der Waals surface area contributed by atoms with E-state index in [9.17, 15) is 9.59 Å². The van der Waals surface area contributed by atoms with Crippen molar-refractivity contribution in [1.82, 2.24) is 4.90 Å². The highest BCUT2D eigenvalue weighted by Gasteiger charge is 2.38. The molecule has 0 radical (unpaired) electrons. The average molecular weight is 245 g/mol. The molecule has 1 aliphatic rings. The Morgan fingerprint density at radius 3 is 2.44 bits per heavy atom. The van der Waals surface area contributed by atoms with Crippen molar-refractivity contribution in [2.24, 2.45) is 0 Å². The van der Waals surface area contributed by atoms with E-state index in [4.69, 9.17) is 5.11 Å². The fraction of sp³-hybridized carbons (Fsp3) is 0.818. The number of hydrogen-bond donors (Lipinski definition) is 1. The quantitative estimate of drug-likeness (QED) is 0.820. The molecule has 1 saturated heterocycles. The molecule has 0 aromatic heterocycles. The summed E-state index contributed by atoms with van der Waals surface area (Å²) in [5.74, 6) is -0.0288. The van der Waals surface area contributed by atoms with Gasteiger partial charge in [-0.15, -0.1) is 11.8 Å². The summed E-state index contributed by atoms with van der Waals surface area (Å²) in [4.78, 5) is 24.5. The highest BCUT2D eigenvalue weighted by Crippen LogP contribution is 2.28. The number of aliphatic carboxylic acids is 1. The van der Waals surface area contributed by atoms with Crippen LogP contribution in [0.5, 0.6) is 0 Å². The lowest BCUT2D eigenvalue weighted by atomic mass is 10.0. The molecular weight excluding hydrogens is 226 g/mol. The average Bonchev–Trinajstić information content (AvgIpc) is 2.28. The first kappa shape index (κ1) is 13.4. The summed E-state index contributed by atoms with van der Waals surface area (Å²) in [7, 11) is 1.58. The molecule has 1 heterocycles. The lowest BCUT2D eigenvalue weighted by Gasteiger charge is -2.35. The Morgan fingerprint density at radius 2 is 2.00 bits per heavy atom. The molecule has 0 saturated carbocycles. The first-order valence-corrected chi connectivity index (χ1v) is 6.55. The minimum atomic E-state index is -1.13. The summed E-state index contributed by atoms with van der Waals surface area (Å²) in [6.45, 7) is 3.11. The Bertz CT molecular complexity index is 285. The van der Waals surface area contributed by atoms with Gasteiger partial charge in [-0.3, -0.25) is 4.79 Å². The van der Waals surface area contributed by atoms with E-state index in [-0.39, 0.29) is 11.2 Å². The normalized spacial score (nSPS) is 21.6. The lowest BCUT2D eigenvalue weighted by molar-refractivity contribution is -0.155. The predicted molar refractivity (Wildman–Crippen MR) is 64.6 cm³/mol. The van der Waals surface area contributed by atoms with E-state index in [1.54, 1.807) is 32.7 Å². The fourth-order valence-electron chi connectivity index (χ4n) is 1.57. The second-order valence-electron chi connectivity index (χ2n) is 4.62. The number of carbonyl (C=O) groups excluding carboxylic acids is 1. The summed E-state index contributed by atoms with van der Waals surface area (Å²) < 4.78 is 0. The summed E-state index contributed by atoms with van der Waals surface area (Å²) in [6, 6.07) is 0. The van der Waals surface area contributed by atoms with Crippen molar-refractivity contribution in [3.05, 3.63) is 0 Å². The number of carboxylic acid groups (broad SMARTS) is 1. The Hall–Kier alpha value is -0.710. The summed E-state index contributed by atoms with van der Waals surface area (Å²) in [5, 5.41) is 9.00. The third-order valence-electron chi connectivity index (χ3n) is 3.15. The summed E-state index contributed by atoms with van der Waals surface area (Å²) in [5.41, 5.74) is -1.13. The topological polar surface area (TPSA) is 57.6 Å². The molecule has 0 spiro atoms. The van der Waals surface area contributed by atoms with Crippen molar-refractivity contribution in [1.29, 1.82) is 0 Å². The molecular formula is C11H19NO3S. The second-order valence-corrected chi connectivity index (χ2v) is 5.93. The molecule has 5 heteroatoms. The number of nitrogens with zero attached hydrogens (tertiary/aromatic N) is 1. The maximum absolute atomic E-state index is 12.1. The Morgan fingerprint density at radius 1 is 1.38 bits per heavy atom. The predicted octanol–water partition coefficient (Wildman–Crippen LogP) is 1.59. The van der Waals surface area contributed by atoms with E-state index in [2.05, 4.69) is 0 Å². The number of amides is 1. The van der Waals surface area contributed by atoms with Crippen molar-refractivity contribution < 1.29 is 14.7 Å². The maximum Gasteiger partial charge on any atom is 0.329 e. The van der Waals surface area contributed by atoms with Gasteiger partial charge >= 0.3 is 5.97 Å². The van der Waals surface area contributed by atoms with Crippen LogP contribution in [0.4, 0.5) is 0 Å². The second kappa shape index (κ2) is 5.08. The van der Waals surface area contributed by atoms with Gasteiger partial charge in [-0.05, 0) is 32.4 Å². The zero-order valence-corrected chi connectivity index (χ0v) is 10.8. The highest BCUT2D eigenvalue weighted by molar-refractivity contribution is 8.00. The van der Waals surface area contributed by atoms with Gasteiger partial charge in [0.15, 0.2) is 0 Å². The van der Waals surface area contributed by atoms with Crippen molar-refractivity contribution in [3.63, 3.8) is 0 Å². The third-order valence-corrected chi connectivity index (χ3v) is 4.51. The molecule has 1 N–H and O–H groups in total. The first-order valence-electron chi connectivity index (χ1n) is 5.50. The van der Waals surface area contributed by atoms with Gasteiger partial charge in [0, 0.05) is 7.05 Å². The Labute approximate surface area is 100 Å². The van der Waals surface area contributed by atoms with Crippen LogP contribution in [0.2, 0.25) is 0 Å². The largest absolute Gasteiger partial charge is 0.480 e. The van der Waals surface area contributed by atoms with Crippen LogP contribution in [0, 0.1) is 0 Å². The molecule has 4 nitrogen and oxygen atoms in total. The van der Waals surface area contributed by atoms with Gasteiger partial charge in [-0.1, -0.05) is 6.42 Å². The van der Waals surface area contributed by atoms with Crippen molar-refractivity contribution in [2.45, 2.75) is 43.9 Å². The van der Waals surface area contributed by atoms with Gasteiger partial charge in [0.1, 0.15) is 5.54 Å². The van der Waals surface area contributed by atoms with Crippen LogP contribution in [0.25, 0.3) is 0 Å². The van der Waals surface area contributed by atoms with Gasteiger partial charge in [0.05, 0.1) is 5.25 Å². The number of likely N-dealkylation sites (N-methyl/N-ethyl adjacent to an activating group) is 1. The van der Waals surface area contributed by atoms with Gasteiger partial charge in [0.25, 0.3) is 0 Å². The summed E-state index contributed by atoms with van der Waals surface area (Å²) >= 11 is 1.64. The van der Waals surface area contributed by atoms with Gasteiger partial charge in [-0.2, -0.15) is 0 Å². The van der Waals surface area contributed by atoms with E-state index in [1.165, 1.54) is 4.90 Å². The van der Waals surface area contributed by atoms with Crippen LogP contribution >= 0.6 is 11.8 Å². The molecule has 92 valence electrons. The van der Waals surface area contributed by atoms with E-state index >= 15 is 0 Å². The van der Waals surface area contributed by atoms with Crippen molar-refractivity contribution in [3.8, 4) is 0 Å². The molecule has 1 atom stereocenters. The Kier molecular flexibility index (Phi) is 4.24. The molecule has 0 bridgehead atoms. The zero-order valence-electron chi connectivity index (χ0n) is 10.0. The van der Waals surface area contributed by atoms with Crippen LogP contribution in [0.3, 0.4) is 0 Å². The van der Waals surface area contributed by atoms with Crippen LogP contribution < -0.4 is 0 Å². The first-order chi connectivity index (χ1) is 7.37. The molecule has 0 aromatic carbocycles. The van der Waals surface area contributed by atoms with E-state index in [0.717, 1.165) is 25.0 Å². The third kappa shape index (κ3) is 2.70. The van der Waals surface area contributed by atoms with Crippen LogP contribution in [0.15, 0.2) is 0 Å². The van der Waals surface area contributed by atoms with Gasteiger partial charge in [0.2, 0.25) is 5.91 Å². The standard InChI is InChI=1S/C11H19NO3S/c1-11(2,10(14)15)12(3)9(13)8-6-4-5-7-16-8/h8H,4-7H2,1-3H3,(H,14,15). The molecule has 0 aromatic rings. The van der Waals surface area contributed by atoms with E-state index < -0.39 is 11.5 Å². The van der Waals surface area contributed by atoms with Crippen molar-refractivity contribution in [2.75, 3.05) is 12.8 Å². The number of hydrogen-bond acceptors (Lipinski definition) is 3. The monoisotopic (exact) mass is 245 g/mol. The number of thioether (sulfide) groups is 1. The molecule has 16 heavy (non-hydrogen) atoms. The zero-order chi connectivity index (χ0) is 12.3. The molecule has 1 fully saturated rings. The molecule has 1 rings (SSSR count). The lowest BCUT2D eigenvalue weighted by Crippen LogP contribution is -2.53. The smallest absolute Gasteiger partial charge is 0.329 e. The van der Waals surface area contributed by atoms with Crippen LogP contribution in [-0.4, -0.2) is 45.5 Å². The fourth-order valence-corrected chi connectivity index (χ4v) is 2.86. The van der Waals surface area contributed by atoms with Crippen molar-refractivity contribution >= 4 is 23.6 Å². The summed E-state index contributed by atoms with van der Waals surface area (Å²) in [6.07, 6.45) is 3.08. The SMILES string of the molecule is CN(C(=O)C1CCCCS1)C(C)(C)C(=O)O. The molecule has 0 aliphatic carbocycles. The molecule has 1 amide bonds.